The molecule has 0 aliphatic heterocycles. The number of halogens is 12. The Morgan fingerprint density at radius 1 is 0.646 bits per heavy atom. The van der Waals surface area contributed by atoms with E-state index in [1.807, 2.05) is 4.72 Å². The number of hydrogen-bond donors (Lipinski definition) is 5. The summed E-state index contributed by atoms with van der Waals surface area (Å²) in [4.78, 5) is 18.0. The SMILES string of the molecule is COC(OC)OC.COc1ccc(F)cc1-n1cnnc1-c1ncc(Cl)cc1NS(=O)(=O)c1ccc(Cl)c(C(F)(F)F)c1.COc1ccc(F)cc1N.NNC(=O)c1ncc(Cl)cc1NS(=O)(=O)c1ccc(Cl)c(C(F)(F)F)c1. The Labute approximate surface area is 463 Å². The molecule has 0 fully saturated rings. The number of amides is 1. The van der Waals surface area contributed by atoms with Gasteiger partial charge in [0.1, 0.15) is 35.2 Å². The molecule has 0 unspecified atom stereocenters. The molecule has 3 aromatic heterocycles. The number of nitrogens with zero attached hydrogens (tertiary/aromatic N) is 5. The maximum Gasteiger partial charge on any atom is 0.417 e. The van der Waals surface area contributed by atoms with E-state index < -0.39 is 87.3 Å². The summed E-state index contributed by atoms with van der Waals surface area (Å²) < 4.78 is 185. The molecule has 4 aromatic carbocycles. The number of ether oxygens (including phenoxy) is 5. The molecule has 1 amide bonds. The number of alkyl halides is 6. The van der Waals surface area contributed by atoms with E-state index in [1.54, 1.807) is 5.43 Å². The van der Waals surface area contributed by atoms with E-state index in [4.69, 9.17) is 67.5 Å². The predicted molar refractivity (Wildman–Crippen MR) is 274 cm³/mol. The minimum atomic E-state index is -4.88. The predicted octanol–water partition coefficient (Wildman–Crippen LogP) is 10.0. The number of pyridine rings is 2. The molecular weight excluding hydrogens is 1200 g/mol. The summed E-state index contributed by atoms with van der Waals surface area (Å²) in [6, 6.07) is 14.1. The van der Waals surface area contributed by atoms with E-state index in [-0.39, 0.29) is 50.2 Å². The highest BCUT2D eigenvalue weighted by molar-refractivity contribution is 7.93. The largest absolute Gasteiger partial charge is 0.495 e. The summed E-state index contributed by atoms with van der Waals surface area (Å²) >= 11 is 22.8. The number of rotatable bonds is 14. The summed E-state index contributed by atoms with van der Waals surface area (Å²) in [5.74, 6) is 3.80. The number of methoxy groups -OCH3 is 5. The molecule has 0 atom stereocenters. The first-order valence-corrected chi connectivity index (χ1v) is 25.5. The number of sulfonamides is 2. The average Bonchev–Trinajstić information content (AvgIpc) is 3.94. The second-order valence-electron chi connectivity index (χ2n) is 14.8. The summed E-state index contributed by atoms with van der Waals surface area (Å²) in [6.45, 7) is -0.514. The van der Waals surface area contributed by atoms with E-state index in [1.165, 1.54) is 89.0 Å². The Morgan fingerprint density at radius 2 is 1.11 bits per heavy atom. The first-order valence-electron chi connectivity index (χ1n) is 21.0. The second kappa shape index (κ2) is 27.8. The van der Waals surface area contributed by atoms with E-state index in [9.17, 15) is 56.8 Å². The van der Waals surface area contributed by atoms with Crippen molar-refractivity contribution in [2.75, 3.05) is 50.7 Å². The second-order valence-corrected chi connectivity index (χ2v) is 19.8. The molecule has 79 heavy (non-hydrogen) atoms. The van der Waals surface area contributed by atoms with Crippen LogP contribution in [-0.2, 0) is 46.6 Å². The van der Waals surface area contributed by atoms with Crippen LogP contribution in [0.15, 0.2) is 113 Å². The van der Waals surface area contributed by atoms with E-state index >= 15 is 0 Å². The monoisotopic (exact) mass is 1240 g/mol. The fraction of sp³-hybridized carbons (Fsp3) is 0.178. The standard InChI is InChI=1S/C21H13Cl2F4N5O3S.C13H9Cl2F3N4O3S.C7H8FNO.C4H10O3/c1-35-18-5-2-12(24)7-17(18)32-10-29-30-20(32)19-16(6-11(22)9-28-19)31-36(33,34)13-3-4-15(23)14(8-13)21(25,26)27;14-6-3-10(11(20-5-6)12(23)21-19)22-26(24,25)7-1-2-9(15)8(4-7)13(16,17)18;1-10-7-3-2-5(8)4-6(7)9;1-5-4(6-2)7-3/h2-10,31H,1H3;1-5,22H,19H2,(H,21,23);2-4H,9H2,1H3;4H,1-3H3. The zero-order chi connectivity index (χ0) is 59.2. The number of carbonyl (C=O) groups is 1. The zero-order valence-corrected chi connectivity index (χ0v) is 45.4. The van der Waals surface area contributed by atoms with Gasteiger partial charge in [-0.25, -0.2) is 41.4 Å². The van der Waals surface area contributed by atoms with Gasteiger partial charge < -0.3 is 29.4 Å². The third-order valence-corrected chi connectivity index (χ3v) is 13.4. The van der Waals surface area contributed by atoms with Crippen LogP contribution in [0.5, 0.6) is 11.5 Å². The number of nitrogens with two attached hydrogens (primary N) is 2. The number of anilines is 3. The molecule has 0 spiro atoms. The van der Waals surface area contributed by atoms with Gasteiger partial charge in [-0.1, -0.05) is 46.4 Å². The van der Waals surface area contributed by atoms with Crippen molar-refractivity contribution in [3.63, 3.8) is 0 Å². The molecule has 34 heteroatoms. The van der Waals surface area contributed by atoms with Gasteiger partial charge >= 0.3 is 12.4 Å². The molecule has 3 heterocycles. The quantitative estimate of drug-likeness (QED) is 0.0169. The van der Waals surface area contributed by atoms with Gasteiger partial charge in [-0.3, -0.25) is 24.2 Å². The number of benzene rings is 4. The van der Waals surface area contributed by atoms with E-state index in [0.29, 0.717) is 23.6 Å². The van der Waals surface area contributed by atoms with Crippen LogP contribution in [0.3, 0.4) is 0 Å². The molecule has 426 valence electrons. The lowest BCUT2D eigenvalue weighted by atomic mass is 10.2. The molecule has 7 rings (SSSR count). The molecule has 0 bridgehead atoms. The maximum absolute atomic E-state index is 14.0. The number of nitrogens with one attached hydrogen (secondary N) is 3. The summed E-state index contributed by atoms with van der Waals surface area (Å²) in [6.07, 6.45) is -6.26. The smallest absolute Gasteiger partial charge is 0.417 e. The maximum atomic E-state index is 14.0. The van der Waals surface area contributed by atoms with Crippen LogP contribution in [0.2, 0.25) is 20.1 Å². The third kappa shape index (κ3) is 17.6. The van der Waals surface area contributed by atoms with Crippen molar-refractivity contribution in [2.45, 2.75) is 28.6 Å². The Kier molecular flexibility index (Phi) is 22.8. The molecule has 0 radical (unpaired) electrons. The summed E-state index contributed by atoms with van der Waals surface area (Å²) in [7, 11) is -1.72. The van der Waals surface area contributed by atoms with Crippen LogP contribution in [0.25, 0.3) is 17.2 Å². The van der Waals surface area contributed by atoms with E-state index in [2.05, 4.69) is 39.1 Å². The fourth-order valence-corrected chi connectivity index (χ4v) is 9.00. The van der Waals surface area contributed by atoms with Gasteiger partial charge in [0.15, 0.2) is 11.5 Å². The molecule has 0 saturated heterocycles. The number of nitrogen functional groups attached to an aromatic ring is 2. The zero-order valence-electron chi connectivity index (χ0n) is 40.7. The van der Waals surface area contributed by atoms with Crippen molar-refractivity contribution in [2.24, 2.45) is 5.84 Å². The van der Waals surface area contributed by atoms with E-state index in [0.717, 1.165) is 42.6 Å². The topological polar surface area (TPSA) is 276 Å². The number of aromatic nitrogens is 5. The van der Waals surface area contributed by atoms with Crippen LogP contribution in [0.4, 0.5) is 52.2 Å². The third-order valence-electron chi connectivity index (χ3n) is 9.58. The van der Waals surface area contributed by atoms with Crippen molar-refractivity contribution in [1.82, 2.24) is 30.2 Å². The number of carbonyl (C=O) groups excluding carboxylic acids is 1. The molecule has 20 nitrogen and oxygen atoms in total. The summed E-state index contributed by atoms with van der Waals surface area (Å²) in [5.41, 5.74) is 3.85. The number of hydrazine groups is 1. The van der Waals surface area contributed by atoms with Gasteiger partial charge in [0, 0.05) is 45.9 Å². The Bertz CT molecular complexity index is 3490. The van der Waals surface area contributed by atoms with Crippen molar-refractivity contribution >= 4 is 89.4 Å². The van der Waals surface area contributed by atoms with Gasteiger partial charge in [0.2, 0.25) is 0 Å². The fourth-order valence-electron chi connectivity index (χ4n) is 6.06. The highest BCUT2D eigenvalue weighted by Crippen LogP contribution is 2.39. The van der Waals surface area contributed by atoms with Gasteiger partial charge in [-0.05, 0) is 72.8 Å². The lowest BCUT2D eigenvalue weighted by Crippen LogP contribution is -2.31. The van der Waals surface area contributed by atoms with Crippen LogP contribution in [0.1, 0.15) is 21.6 Å². The molecule has 7 aromatic rings. The highest BCUT2D eigenvalue weighted by Gasteiger charge is 2.36. The van der Waals surface area contributed by atoms with Gasteiger partial charge in [-0.15, -0.1) is 10.2 Å². The Morgan fingerprint density at radius 3 is 1.57 bits per heavy atom. The first kappa shape index (κ1) is 64.7. The number of hydrogen-bond acceptors (Lipinski definition) is 16. The van der Waals surface area contributed by atoms with Gasteiger partial charge in [-0.2, -0.15) is 26.3 Å². The molecule has 0 aliphatic rings. The van der Waals surface area contributed by atoms with Crippen LogP contribution in [0, 0.1) is 11.6 Å². The van der Waals surface area contributed by atoms with Crippen LogP contribution in [-0.4, -0.2) is 89.5 Å². The molecule has 0 aliphatic carbocycles. The van der Waals surface area contributed by atoms with Gasteiger partial charge in [0.25, 0.3) is 32.4 Å². The minimum Gasteiger partial charge on any atom is -0.495 e. The Balaban J connectivity index is 0.000000270. The highest BCUT2D eigenvalue weighted by atomic mass is 35.5. The van der Waals surface area contributed by atoms with Crippen LogP contribution >= 0.6 is 46.4 Å². The van der Waals surface area contributed by atoms with Crippen LogP contribution < -0.4 is 35.9 Å². The normalized spacial score (nSPS) is 11.5. The minimum absolute atomic E-state index is 0.0120. The van der Waals surface area contributed by atoms with Gasteiger partial charge in [0.05, 0.1) is 78.0 Å². The lowest BCUT2D eigenvalue weighted by molar-refractivity contribution is -0.252. The average molecular weight is 1240 g/mol. The summed E-state index contributed by atoms with van der Waals surface area (Å²) in [5, 5.41) is 6.40. The first-order chi connectivity index (χ1) is 36.9. The van der Waals surface area contributed by atoms with Crippen molar-refractivity contribution < 1.29 is 80.4 Å². The van der Waals surface area contributed by atoms with Crippen molar-refractivity contribution in [3.05, 3.63) is 152 Å². The lowest BCUT2D eigenvalue weighted by Gasteiger charge is -2.15. The van der Waals surface area contributed by atoms with Crippen molar-refractivity contribution in [1.29, 1.82) is 0 Å². The molecule has 0 saturated carbocycles. The molecule has 7 N–H and O–H groups in total. The van der Waals surface area contributed by atoms with Crippen molar-refractivity contribution in [3.8, 4) is 28.7 Å². The molecular formula is C45H40Cl4F8N10O10S2. The Hall–Kier alpha value is -6.87.